The lowest BCUT2D eigenvalue weighted by molar-refractivity contribution is 0.197. The van der Waals surface area contributed by atoms with Crippen molar-refractivity contribution >= 4 is 6.09 Å². The number of nitrogens with one attached hydrogen (secondary N) is 1. The monoisotopic (exact) mass is 145 g/mol. The zero-order valence-electron chi connectivity index (χ0n) is 5.83. The topological polar surface area (TPSA) is 58.6 Å². The van der Waals surface area contributed by atoms with Gasteiger partial charge in [-0.1, -0.05) is 13.2 Å². The predicted molar refractivity (Wildman–Crippen MR) is 38.6 cm³/mol. The van der Waals surface area contributed by atoms with Gasteiger partial charge in [0.05, 0.1) is 12.5 Å². The van der Waals surface area contributed by atoms with Crippen LogP contribution in [0.25, 0.3) is 0 Å². The van der Waals surface area contributed by atoms with E-state index in [1.165, 1.54) is 19.6 Å². The molecule has 0 aliphatic rings. The molecule has 0 aromatic carbocycles. The number of hydrogen-bond donors (Lipinski definition) is 2. The Balaban J connectivity index is 0. The average molecular weight is 145 g/mol. The number of carboxylic acid groups (broad SMARTS) is 1. The molecule has 0 fully saturated rings. The van der Waals surface area contributed by atoms with Crippen molar-refractivity contribution in [1.29, 1.82) is 0 Å². The van der Waals surface area contributed by atoms with E-state index in [2.05, 4.69) is 17.9 Å². The molecule has 58 valence electrons. The molecule has 0 aliphatic carbocycles. The van der Waals surface area contributed by atoms with E-state index in [1.807, 2.05) is 5.32 Å². The van der Waals surface area contributed by atoms with Crippen LogP contribution in [0.3, 0.4) is 0 Å². The van der Waals surface area contributed by atoms with Gasteiger partial charge in [-0.2, -0.15) is 0 Å². The van der Waals surface area contributed by atoms with Gasteiger partial charge < -0.3 is 15.2 Å². The standard InChI is InChI=1S/C4H6O.C2H5NO2/c1-3-5-4-2;1-3-2(4)5/h3-4H,1-2H2;3H,1H3,(H,4,5). The molecule has 0 saturated carbocycles. The molecule has 4 heteroatoms. The Kier molecular flexibility index (Phi) is 11.9. The lowest BCUT2D eigenvalue weighted by atomic mass is 11.1. The predicted octanol–water partition coefficient (Wildman–Crippen LogP) is 1.17. The molecule has 0 heterocycles. The van der Waals surface area contributed by atoms with Crippen molar-refractivity contribution < 1.29 is 14.6 Å². The van der Waals surface area contributed by atoms with E-state index in [0.29, 0.717) is 0 Å². The van der Waals surface area contributed by atoms with Crippen LogP contribution in [0, 0.1) is 0 Å². The van der Waals surface area contributed by atoms with Gasteiger partial charge in [0.1, 0.15) is 0 Å². The molecule has 10 heavy (non-hydrogen) atoms. The minimum absolute atomic E-state index is 0.995. The number of hydrogen-bond acceptors (Lipinski definition) is 2. The molecule has 4 nitrogen and oxygen atoms in total. The summed E-state index contributed by atoms with van der Waals surface area (Å²) in [5.74, 6) is 0. The van der Waals surface area contributed by atoms with Crippen LogP contribution in [-0.4, -0.2) is 18.2 Å². The number of carbonyl (C=O) groups is 1. The fourth-order valence-corrected chi connectivity index (χ4v) is 0.0680. The Morgan fingerprint density at radius 3 is 1.90 bits per heavy atom. The molecule has 0 atom stereocenters. The van der Waals surface area contributed by atoms with E-state index in [0.717, 1.165) is 0 Å². The van der Waals surface area contributed by atoms with Gasteiger partial charge in [0.2, 0.25) is 0 Å². The van der Waals surface area contributed by atoms with Crippen molar-refractivity contribution in [3.63, 3.8) is 0 Å². The van der Waals surface area contributed by atoms with Gasteiger partial charge in [0.25, 0.3) is 0 Å². The second-order valence-electron chi connectivity index (χ2n) is 1.02. The SMILES string of the molecule is C=COC=C.CNC(=O)O. The van der Waals surface area contributed by atoms with Crippen LogP contribution in [0.5, 0.6) is 0 Å². The first-order chi connectivity index (χ1) is 4.68. The number of amides is 1. The zero-order valence-corrected chi connectivity index (χ0v) is 5.83. The Hall–Kier alpha value is -1.45. The maximum Gasteiger partial charge on any atom is 0.404 e. The van der Waals surface area contributed by atoms with Crippen LogP contribution < -0.4 is 5.32 Å². The first kappa shape index (κ1) is 11.4. The lowest BCUT2D eigenvalue weighted by Gasteiger charge is -1.78. The third kappa shape index (κ3) is 31.0. The summed E-state index contributed by atoms with van der Waals surface area (Å²) >= 11 is 0. The summed E-state index contributed by atoms with van der Waals surface area (Å²) < 4.78 is 4.36. The minimum atomic E-state index is -0.995. The van der Waals surface area contributed by atoms with Crippen molar-refractivity contribution in [3.05, 3.63) is 25.7 Å². The molecular formula is C6H11NO3. The molecule has 0 bridgehead atoms. The smallest absolute Gasteiger partial charge is 0.404 e. The average Bonchev–Trinajstić information content (AvgIpc) is 1.91. The number of rotatable bonds is 2. The van der Waals surface area contributed by atoms with Crippen LogP contribution in [0.4, 0.5) is 4.79 Å². The van der Waals surface area contributed by atoms with Gasteiger partial charge in [0.15, 0.2) is 0 Å². The van der Waals surface area contributed by atoms with Crippen LogP contribution in [0.2, 0.25) is 0 Å². The summed E-state index contributed by atoms with van der Waals surface area (Å²) in [6, 6.07) is 0. The molecule has 0 aliphatic heterocycles. The van der Waals surface area contributed by atoms with Gasteiger partial charge in [-0.05, 0) is 0 Å². The van der Waals surface area contributed by atoms with Crippen LogP contribution >= 0.6 is 0 Å². The van der Waals surface area contributed by atoms with Crippen LogP contribution in [0.1, 0.15) is 0 Å². The summed E-state index contributed by atoms with van der Waals surface area (Å²) in [4.78, 5) is 9.26. The molecule has 1 amide bonds. The lowest BCUT2D eigenvalue weighted by Crippen LogP contribution is -2.13. The molecule has 0 unspecified atom stereocenters. The maximum absolute atomic E-state index is 9.26. The second kappa shape index (κ2) is 10.5. The number of ether oxygens (including phenoxy) is 1. The Bertz CT molecular complexity index is 106. The molecule has 0 saturated heterocycles. The molecule has 0 aromatic rings. The van der Waals surface area contributed by atoms with Crippen LogP contribution in [-0.2, 0) is 4.74 Å². The summed E-state index contributed by atoms with van der Waals surface area (Å²) in [7, 11) is 1.35. The van der Waals surface area contributed by atoms with Gasteiger partial charge in [-0.15, -0.1) is 0 Å². The minimum Gasteiger partial charge on any atom is -0.474 e. The second-order valence-corrected chi connectivity index (χ2v) is 1.02. The van der Waals surface area contributed by atoms with Crippen LogP contribution in [0.15, 0.2) is 25.7 Å². The highest BCUT2D eigenvalue weighted by Gasteiger charge is 1.76. The summed E-state index contributed by atoms with van der Waals surface area (Å²) in [5, 5.41) is 9.56. The van der Waals surface area contributed by atoms with Gasteiger partial charge >= 0.3 is 6.09 Å². The van der Waals surface area contributed by atoms with Crippen molar-refractivity contribution in [1.82, 2.24) is 5.32 Å². The first-order valence-corrected chi connectivity index (χ1v) is 2.47. The summed E-state index contributed by atoms with van der Waals surface area (Å²) in [5.41, 5.74) is 0. The molecule has 2 N–H and O–H groups in total. The molecular weight excluding hydrogens is 134 g/mol. The molecule has 0 spiro atoms. The largest absolute Gasteiger partial charge is 0.474 e. The highest BCUT2D eigenvalue weighted by Crippen LogP contribution is 1.65. The molecule has 0 aromatic heterocycles. The third-order valence-corrected chi connectivity index (χ3v) is 0.406. The Labute approximate surface area is 59.8 Å². The van der Waals surface area contributed by atoms with E-state index in [4.69, 9.17) is 5.11 Å². The maximum atomic E-state index is 9.26. The van der Waals surface area contributed by atoms with E-state index < -0.39 is 6.09 Å². The molecule has 0 rings (SSSR count). The van der Waals surface area contributed by atoms with Crippen molar-refractivity contribution in [2.24, 2.45) is 0 Å². The highest BCUT2D eigenvalue weighted by atomic mass is 16.5. The van der Waals surface area contributed by atoms with E-state index in [9.17, 15) is 4.79 Å². The van der Waals surface area contributed by atoms with Crippen molar-refractivity contribution in [2.45, 2.75) is 0 Å². The van der Waals surface area contributed by atoms with Crippen molar-refractivity contribution in [3.8, 4) is 0 Å². The van der Waals surface area contributed by atoms with Gasteiger partial charge in [0, 0.05) is 7.05 Å². The summed E-state index contributed by atoms with van der Waals surface area (Å²) in [6.07, 6.45) is 1.63. The fourth-order valence-electron chi connectivity index (χ4n) is 0.0680. The Morgan fingerprint density at radius 1 is 1.60 bits per heavy atom. The molecule has 0 radical (unpaired) electrons. The van der Waals surface area contributed by atoms with Gasteiger partial charge in [-0.25, -0.2) is 4.79 Å². The highest BCUT2D eigenvalue weighted by molar-refractivity contribution is 5.63. The first-order valence-electron chi connectivity index (χ1n) is 2.47. The quantitative estimate of drug-likeness (QED) is 0.573. The fraction of sp³-hybridized carbons (Fsp3) is 0.167. The normalized spacial score (nSPS) is 6.10. The third-order valence-electron chi connectivity index (χ3n) is 0.406. The van der Waals surface area contributed by atoms with E-state index >= 15 is 0 Å². The van der Waals surface area contributed by atoms with E-state index in [1.54, 1.807) is 0 Å². The summed E-state index contributed by atoms with van der Waals surface area (Å²) in [6.45, 7) is 6.51. The van der Waals surface area contributed by atoms with Crippen molar-refractivity contribution in [2.75, 3.05) is 7.05 Å². The zero-order chi connectivity index (χ0) is 8.41. The van der Waals surface area contributed by atoms with E-state index in [-0.39, 0.29) is 0 Å². The Morgan fingerprint density at radius 2 is 1.90 bits per heavy atom. The van der Waals surface area contributed by atoms with Gasteiger partial charge in [-0.3, -0.25) is 0 Å².